The first kappa shape index (κ1) is 14.3. The molecule has 16 heavy (non-hydrogen) atoms. The number of nitrogens with two attached hydrogens (primary N) is 2. The lowest BCUT2D eigenvalue weighted by atomic mass is 10.2. The summed E-state index contributed by atoms with van der Waals surface area (Å²) < 4.78 is 4.57. The molecule has 0 atom stereocenters. The largest absolute Gasteiger partial charge is 0.445 e. The van der Waals surface area contributed by atoms with Crippen LogP contribution in [0, 0.1) is 0 Å². The fraction of sp³-hybridized carbons (Fsp3) is 0.417. The molecule has 1 amide bonds. The molecule has 0 fully saturated rings. The number of primary amides is 1. The summed E-state index contributed by atoms with van der Waals surface area (Å²) in [4.78, 5) is 10.2. The first-order valence-corrected chi connectivity index (χ1v) is 5.36. The molecule has 0 saturated carbocycles. The molecule has 0 unspecified atom stereocenters. The quantitative estimate of drug-likeness (QED) is 0.775. The number of hydrogen-bond acceptors (Lipinski definition) is 3. The zero-order valence-electron chi connectivity index (χ0n) is 9.90. The summed E-state index contributed by atoms with van der Waals surface area (Å²) in [6.07, 6.45) is 1.87. The monoisotopic (exact) mass is 224 g/mol. The molecule has 90 valence electrons. The predicted molar refractivity (Wildman–Crippen MR) is 65.8 cm³/mol. The maximum atomic E-state index is 10.2. The van der Waals surface area contributed by atoms with Crippen LogP contribution in [0.3, 0.4) is 0 Å². The second-order valence-electron chi connectivity index (χ2n) is 3.35. The Hall–Kier alpha value is -1.71. The maximum Gasteiger partial charge on any atom is 0.404 e. The Morgan fingerprint density at radius 1 is 1.19 bits per heavy atom. The molecule has 1 aromatic carbocycles. The van der Waals surface area contributed by atoms with Crippen molar-refractivity contribution in [3.63, 3.8) is 0 Å². The molecule has 0 aliphatic rings. The second kappa shape index (κ2) is 8.59. The van der Waals surface area contributed by atoms with Crippen molar-refractivity contribution in [1.82, 2.24) is 0 Å². The normalized spacial score (nSPS) is 8.88. The minimum absolute atomic E-state index is 0.190. The van der Waals surface area contributed by atoms with Gasteiger partial charge in [0, 0.05) is 5.69 Å². The van der Waals surface area contributed by atoms with Crippen molar-refractivity contribution < 1.29 is 9.53 Å². The van der Waals surface area contributed by atoms with Crippen molar-refractivity contribution >= 4 is 11.8 Å². The van der Waals surface area contributed by atoms with Gasteiger partial charge in [0.05, 0.1) is 0 Å². The molecule has 4 heteroatoms. The van der Waals surface area contributed by atoms with Gasteiger partial charge in [-0.1, -0.05) is 38.8 Å². The van der Waals surface area contributed by atoms with E-state index in [0.717, 1.165) is 5.56 Å². The SMILES string of the molecule is CCCC.NC(=O)OCc1ccc(N)cc1. The van der Waals surface area contributed by atoms with Crippen LogP contribution in [0.2, 0.25) is 0 Å². The van der Waals surface area contributed by atoms with Gasteiger partial charge in [0.15, 0.2) is 0 Å². The van der Waals surface area contributed by atoms with Gasteiger partial charge in [-0.2, -0.15) is 0 Å². The summed E-state index contributed by atoms with van der Waals surface area (Å²) in [5.74, 6) is 0. The highest BCUT2D eigenvalue weighted by atomic mass is 16.5. The van der Waals surface area contributed by atoms with Crippen LogP contribution in [0.4, 0.5) is 10.5 Å². The van der Waals surface area contributed by atoms with E-state index in [9.17, 15) is 4.79 Å². The summed E-state index contributed by atoms with van der Waals surface area (Å²) in [5.41, 5.74) is 11.8. The van der Waals surface area contributed by atoms with E-state index >= 15 is 0 Å². The third-order valence-electron chi connectivity index (χ3n) is 1.86. The fourth-order valence-corrected chi connectivity index (χ4v) is 0.768. The smallest absolute Gasteiger partial charge is 0.404 e. The lowest BCUT2D eigenvalue weighted by molar-refractivity contribution is 0.150. The molecular weight excluding hydrogens is 204 g/mol. The van der Waals surface area contributed by atoms with Gasteiger partial charge >= 0.3 is 6.09 Å². The van der Waals surface area contributed by atoms with Crippen molar-refractivity contribution in [2.75, 3.05) is 5.73 Å². The molecule has 0 heterocycles. The molecule has 4 nitrogen and oxygen atoms in total. The molecule has 0 aromatic heterocycles. The summed E-state index contributed by atoms with van der Waals surface area (Å²) in [6.45, 7) is 4.55. The summed E-state index contributed by atoms with van der Waals surface area (Å²) in [6, 6.07) is 7.02. The fourth-order valence-electron chi connectivity index (χ4n) is 0.768. The Bertz CT molecular complexity index is 294. The van der Waals surface area contributed by atoms with Gasteiger partial charge in [0.1, 0.15) is 6.61 Å². The van der Waals surface area contributed by atoms with Gasteiger partial charge in [-0.15, -0.1) is 0 Å². The van der Waals surface area contributed by atoms with Crippen molar-refractivity contribution in [2.24, 2.45) is 5.73 Å². The molecule has 0 bridgehead atoms. The predicted octanol–water partition coefficient (Wildman–Crippen LogP) is 2.67. The number of nitrogen functional groups attached to an aromatic ring is 1. The molecule has 1 rings (SSSR count). The summed E-state index contributed by atoms with van der Waals surface area (Å²) in [7, 11) is 0. The van der Waals surface area contributed by atoms with Crippen LogP contribution in [-0.4, -0.2) is 6.09 Å². The Labute approximate surface area is 96.6 Å². The van der Waals surface area contributed by atoms with Crippen LogP contribution in [0.1, 0.15) is 32.3 Å². The van der Waals surface area contributed by atoms with Gasteiger partial charge in [-0.3, -0.25) is 0 Å². The lowest BCUT2D eigenvalue weighted by Gasteiger charge is -2.01. The third-order valence-corrected chi connectivity index (χ3v) is 1.86. The van der Waals surface area contributed by atoms with E-state index in [0.29, 0.717) is 5.69 Å². The van der Waals surface area contributed by atoms with E-state index in [1.54, 1.807) is 24.3 Å². The highest BCUT2D eigenvalue weighted by Gasteiger charge is 1.95. The van der Waals surface area contributed by atoms with Crippen molar-refractivity contribution in [1.29, 1.82) is 0 Å². The van der Waals surface area contributed by atoms with E-state index < -0.39 is 6.09 Å². The average molecular weight is 224 g/mol. The number of benzene rings is 1. The molecule has 0 aliphatic carbocycles. The van der Waals surface area contributed by atoms with E-state index in [1.807, 2.05) is 0 Å². The van der Waals surface area contributed by atoms with E-state index in [2.05, 4.69) is 18.6 Å². The second-order valence-corrected chi connectivity index (χ2v) is 3.35. The number of rotatable bonds is 3. The number of amides is 1. The van der Waals surface area contributed by atoms with Crippen LogP contribution >= 0.6 is 0 Å². The summed E-state index contributed by atoms with van der Waals surface area (Å²) in [5, 5.41) is 0. The molecule has 0 aliphatic heterocycles. The van der Waals surface area contributed by atoms with Crippen molar-refractivity contribution in [2.45, 2.75) is 33.3 Å². The van der Waals surface area contributed by atoms with Crippen LogP contribution in [0.25, 0.3) is 0 Å². The zero-order valence-corrected chi connectivity index (χ0v) is 9.90. The first-order valence-electron chi connectivity index (χ1n) is 5.36. The van der Waals surface area contributed by atoms with Gasteiger partial charge in [0.2, 0.25) is 0 Å². The highest BCUT2D eigenvalue weighted by Crippen LogP contribution is 2.06. The van der Waals surface area contributed by atoms with Gasteiger partial charge < -0.3 is 16.2 Å². The van der Waals surface area contributed by atoms with Gasteiger partial charge in [-0.25, -0.2) is 4.79 Å². The van der Waals surface area contributed by atoms with Crippen LogP contribution in [0.5, 0.6) is 0 Å². The van der Waals surface area contributed by atoms with Crippen molar-refractivity contribution in [3.8, 4) is 0 Å². The number of anilines is 1. The highest BCUT2D eigenvalue weighted by molar-refractivity contribution is 5.64. The van der Waals surface area contributed by atoms with E-state index in [4.69, 9.17) is 11.5 Å². The Balaban J connectivity index is 0.000000487. The lowest BCUT2D eigenvalue weighted by Crippen LogP contribution is -2.12. The zero-order chi connectivity index (χ0) is 12.4. The molecular formula is C12H20N2O2. The third kappa shape index (κ3) is 7.67. The maximum absolute atomic E-state index is 10.2. The Morgan fingerprint density at radius 2 is 1.69 bits per heavy atom. The minimum Gasteiger partial charge on any atom is -0.445 e. The van der Waals surface area contributed by atoms with Crippen LogP contribution in [0.15, 0.2) is 24.3 Å². The number of carbonyl (C=O) groups excluding carboxylic acids is 1. The van der Waals surface area contributed by atoms with Gasteiger partial charge in [-0.05, 0) is 17.7 Å². The molecule has 0 spiro atoms. The average Bonchev–Trinajstić information content (AvgIpc) is 2.28. The minimum atomic E-state index is -0.771. The molecule has 4 N–H and O–H groups in total. The molecule has 1 aromatic rings. The first-order chi connectivity index (χ1) is 7.60. The number of carbonyl (C=O) groups is 1. The van der Waals surface area contributed by atoms with E-state index in [1.165, 1.54) is 12.8 Å². The van der Waals surface area contributed by atoms with E-state index in [-0.39, 0.29) is 6.61 Å². The Morgan fingerprint density at radius 3 is 2.06 bits per heavy atom. The number of ether oxygens (including phenoxy) is 1. The molecule has 0 saturated heterocycles. The Kier molecular flexibility index (Phi) is 7.67. The van der Waals surface area contributed by atoms with Crippen LogP contribution < -0.4 is 11.5 Å². The topological polar surface area (TPSA) is 78.3 Å². The molecule has 0 radical (unpaired) electrons. The number of hydrogen-bond donors (Lipinski definition) is 2. The van der Waals surface area contributed by atoms with Crippen molar-refractivity contribution in [3.05, 3.63) is 29.8 Å². The number of unbranched alkanes of at least 4 members (excludes halogenated alkanes) is 1. The van der Waals surface area contributed by atoms with Crippen LogP contribution in [-0.2, 0) is 11.3 Å². The summed E-state index contributed by atoms with van der Waals surface area (Å²) >= 11 is 0. The standard InChI is InChI=1S/C8H10N2O2.C4H10/c9-7-3-1-6(2-4-7)5-12-8(10)11;1-3-4-2/h1-4H,5,9H2,(H2,10,11);3-4H2,1-2H3. The van der Waals surface area contributed by atoms with Gasteiger partial charge in [0.25, 0.3) is 0 Å².